The maximum atomic E-state index is 16.5. The molecule has 0 unspecified atom stereocenters. The van der Waals surface area contributed by atoms with Gasteiger partial charge in [0.1, 0.15) is 108 Å². The summed E-state index contributed by atoms with van der Waals surface area (Å²) >= 11 is 7.20. The normalized spacial score (nSPS) is 28.1. The number of likely N-dealkylation sites (N-methyl/N-ethyl adjacent to an activating group) is 2. The summed E-state index contributed by atoms with van der Waals surface area (Å²) in [6, 6.07) is 5.66. The first kappa shape index (κ1) is 82.6. The van der Waals surface area contributed by atoms with E-state index in [1.165, 1.54) is 56.4 Å². The molecular formula is C80H94ClN11O22S. The molecule has 16 rings (SSSR count). The molecule has 14 atom stereocenters. The lowest BCUT2D eigenvalue weighted by Crippen LogP contribution is -2.59. The molecule has 35 heteroatoms. The predicted octanol–water partition coefficient (Wildman–Crippen LogP) is 2.63. The van der Waals surface area contributed by atoms with Gasteiger partial charge in [-0.25, -0.2) is 13.1 Å². The van der Waals surface area contributed by atoms with E-state index in [2.05, 4.69) is 47.9 Å². The lowest BCUT2D eigenvalue weighted by Gasteiger charge is -2.54. The zero-order valence-electron chi connectivity index (χ0n) is 63.3. The maximum absolute atomic E-state index is 16.5. The first-order valence-electron chi connectivity index (χ1n) is 38.1. The predicted molar refractivity (Wildman–Crippen MR) is 411 cm³/mol. The number of rotatable bonds is 18. The number of phenols is 3. The van der Waals surface area contributed by atoms with Crippen LogP contribution in [0.15, 0.2) is 108 Å². The van der Waals surface area contributed by atoms with E-state index in [9.17, 15) is 58.9 Å². The number of ether oxygens (including phenoxy) is 4. The van der Waals surface area contributed by atoms with Crippen molar-refractivity contribution in [1.82, 2.24) is 52.6 Å². The molecule has 20 N–H and O–H groups in total. The van der Waals surface area contributed by atoms with Gasteiger partial charge in [-0.15, -0.1) is 0 Å². The van der Waals surface area contributed by atoms with Crippen LogP contribution in [-0.2, 0) is 48.4 Å². The number of nitrogens with one attached hydrogen (secondary N) is 10. The quantitative estimate of drug-likeness (QED) is 0.0550. The molecule has 0 saturated heterocycles. The Hall–Kier alpha value is -10.4. The van der Waals surface area contributed by atoms with Gasteiger partial charge in [0.2, 0.25) is 53.0 Å². The molecule has 5 saturated carbocycles. The van der Waals surface area contributed by atoms with Gasteiger partial charge in [-0.2, -0.15) is 0 Å². The van der Waals surface area contributed by atoms with Gasteiger partial charge >= 0.3 is 0 Å². The molecule has 6 aromatic rings. The largest absolute Gasteiger partial charge is 0.508 e. The molecule has 614 valence electrons. The van der Waals surface area contributed by atoms with Gasteiger partial charge in [-0.05, 0) is 214 Å². The molecule has 5 aliphatic heterocycles. The molecule has 5 fully saturated rings. The zero-order valence-corrected chi connectivity index (χ0v) is 64.9. The van der Waals surface area contributed by atoms with Crippen molar-refractivity contribution < 1.29 is 107 Å². The van der Waals surface area contributed by atoms with Crippen molar-refractivity contribution in [3.63, 3.8) is 0 Å². The molecule has 5 heterocycles. The van der Waals surface area contributed by atoms with Crippen LogP contribution in [0.4, 0.5) is 0 Å². The lowest BCUT2D eigenvalue weighted by atomic mass is 9.54. The summed E-state index contributed by atoms with van der Waals surface area (Å²) < 4.78 is 56.1. The number of sulfonamides is 1. The van der Waals surface area contributed by atoms with Crippen molar-refractivity contribution in [1.29, 1.82) is 0 Å². The number of fused-ring (bicyclic) bond motifs is 15. The molecule has 6 aromatic carbocycles. The number of benzene rings is 6. The number of carbonyl (C=O) groups excluding carboxylic acids is 8. The topological polar surface area (TPSA) is 516 Å². The van der Waals surface area contributed by atoms with Crippen LogP contribution in [0.5, 0.6) is 51.7 Å². The van der Waals surface area contributed by atoms with Crippen molar-refractivity contribution in [3.8, 4) is 62.9 Å². The molecule has 115 heavy (non-hydrogen) atoms. The van der Waals surface area contributed by atoms with Crippen molar-refractivity contribution in [2.24, 2.45) is 41.2 Å². The van der Waals surface area contributed by atoms with E-state index < -0.39 is 193 Å². The van der Waals surface area contributed by atoms with E-state index in [0.29, 0.717) is 18.4 Å². The number of aryl methyl sites for hydroxylation is 1. The first-order valence-corrected chi connectivity index (χ1v) is 40.0. The summed E-state index contributed by atoms with van der Waals surface area (Å²) in [5, 5.41) is 119. The van der Waals surface area contributed by atoms with Crippen molar-refractivity contribution in [2.75, 3.05) is 33.8 Å². The van der Waals surface area contributed by atoms with Gasteiger partial charge in [0, 0.05) is 35.7 Å². The average molecular weight is 1630 g/mol. The average Bonchev–Trinajstić information content (AvgIpc) is 0.924. The van der Waals surface area contributed by atoms with E-state index in [-0.39, 0.29) is 111 Å². The third-order valence-electron chi connectivity index (χ3n) is 22.8. The maximum Gasteiger partial charge on any atom is 0.264 e. The highest BCUT2D eigenvalue weighted by atomic mass is 35.5. The number of aliphatic hydroxyl groups excluding tert-OH is 5. The Labute approximate surface area is 666 Å². The second-order valence-corrected chi connectivity index (χ2v) is 33.3. The number of nitrogens with two attached hydrogens (primary N) is 1. The van der Waals surface area contributed by atoms with Crippen LogP contribution in [0.1, 0.15) is 129 Å². The highest BCUT2D eigenvalue weighted by molar-refractivity contribution is 7.90. The van der Waals surface area contributed by atoms with E-state index in [1.807, 2.05) is 18.6 Å². The minimum absolute atomic E-state index is 0.0542. The molecule has 0 aromatic heterocycles. The zero-order chi connectivity index (χ0) is 82.3. The smallest absolute Gasteiger partial charge is 0.264 e. The summed E-state index contributed by atoms with van der Waals surface area (Å²) in [4.78, 5) is 123. The highest BCUT2D eigenvalue weighted by Crippen LogP contribution is 2.55. The number of hydrogen-bond donors (Lipinski definition) is 19. The van der Waals surface area contributed by atoms with Crippen LogP contribution in [-0.4, -0.2) is 185 Å². The molecule has 0 spiro atoms. The molecule has 0 radical (unpaired) electrons. The molecule has 10 aliphatic rings. The summed E-state index contributed by atoms with van der Waals surface area (Å²) in [5.41, 5.74) is 4.35. The van der Waals surface area contributed by atoms with Crippen LogP contribution in [0, 0.1) is 42.4 Å². The number of phenolic OH excluding ortho intramolecular Hbond substituents is 3. The first-order chi connectivity index (χ1) is 54.8. The Morgan fingerprint density at radius 1 is 0.643 bits per heavy atom. The lowest BCUT2D eigenvalue weighted by molar-refractivity contribution is -0.149. The molecule has 15 bridgehead atoms. The number of carbonyl (C=O) groups is 8. The SMILES string of the molecule is CNCCOc1ccc(S(=O)(=O)NC(=O)C[C@@H]2NC(=O)[C@H](NC(=O)[C@@H](CC(C)C)NC)[C@H](O)c3ccc(c(C)c3)Oc3cc4cc(c3O[C@@H]3C[C@H](CN)[C@@H](O)[C@H](O)[C@H]3O)Oc3ccc(cc3Cl)[C@@H](O)[C@@H]3NC(=O)[C@H](NC(=O)[C@@H]4NC2=O)c2ccc(O)c(c2)-c2c(O)cc(O)cc2[C@@H](C(=O)NC2C4CC5CC(C4)CC2C5)NC3=O)cc1. The minimum atomic E-state index is -4.87. The van der Waals surface area contributed by atoms with E-state index >= 15 is 28.8 Å². The van der Waals surface area contributed by atoms with Crippen LogP contribution < -0.4 is 77.3 Å². The van der Waals surface area contributed by atoms with Gasteiger partial charge < -0.3 is 113 Å². The fraction of sp³-hybridized carbons (Fsp3) is 0.450. The summed E-state index contributed by atoms with van der Waals surface area (Å²) in [6.07, 6.45) is -7.97. The van der Waals surface area contributed by atoms with Crippen LogP contribution in [0.25, 0.3) is 11.1 Å². The van der Waals surface area contributed by atoms with Crippen LogP contribution in [0.3, 0.4) is 0 Å². The monoisotopic (exact) mass is 1630 g/mol. The Bertz CT molecular complexity index is 4850. The van der Waals surface area contributed by atoms with E-state index in [1.54, 1.807) is 7.05 Å². The Balaban J connectivity index is 1.000. The third kappa shape index (κ3) is 17.6. The van der Waals surface area contributed by atoms with Crippen molar-refractivity contribution in [3.05, 3.63) is 142 Å². The Morgan fingerprint density at radius 3 is 1.92 bits per heavy atom. The molecule has 5 aliphatic carbocycles. The highest BCUT2D eigenvalue weighted by Gasteiger charge is 2.51. The number of halogens is 1. The third-order valence-corrected chi connectivity index (χ3v) is 24.4. The molecule has 33 nitrogen and oxygen atoms in total. The number of aromatic hydroxyl groups is 3. The summed E-state index contributed by atoms with van der Waals surface area (Å²) in [6.45, 7) is 5.57. The number of amides is 8. The minimum Gasteiger partial charge on any atom is -0.508 e. The van der Waals surface area contributed by atoms with Gasteiger partial charge in [0.15, 0.2) is 11.5 Å². The van der Waals surface area contributed by atoms with Gasteiger partial charge in [0.05, 0.1) is 28.5 Å². The fourth-order valence-corrected chi connectivity index (χ4v) is 18.3. The number of aliphatic hydroxyl groups is 5. The molecule has 8 amide bonds. The second-order valence-electron chi connectivity index (χ2n) is 31.2. The van der Waals surface area contributed by atoms with E-state index in [4.69, 9.17) is 36.3 Å². The summed E-state index contributed by atoms with van der Waals surface area (Å²) in [7, 11) is -1.69. The Morgan fingerprint density at radius 2 is 1.28 bits per heavy atom. The van der Waals surface area contributed by atoms with Crippen molar-refractivity contribution in [2.45, 2.75) is 162 Å². The van der Waals surface area contributed by atoms with Crippen molar-refractivity contribution >= 4 is 68.9 Å². The van der Waals surface area contributed by atoms with Crippen LogP contribution >= 0.6 is 11.6 Å². The van der Waals surface area contributed by atoms with E-state index in [0.717, 1.165) is 92.8 Å². The number of hydrogen-bond acceptors (Lipinski definition) is 25. The second kappa shape index (κ2) is 34.2. The van der Waals surface area contributed by atoms with Gasteiger partial charge in [0.25, 0.3) is 10.0 Å². The Kier molecular flexibility index (Phi) is 24.5. The fourth-order valence-electron chi connectivity index (χ4n) is 17.1. The van der Waals surface area contributed by atoms with Gasteiger partial charge in [-0.3, -0.25) is 38.4 Å². The van der Waals surface area contributed by atoms with Gasteiger partial charge in [-0.1, -0.05) is 43.6 Å². The standard InChI is InChI=1S/C80H94ClN11O22S/c1-34(2)18-51(84-5)74(102)90-66-68(97)39-7-14-55(35(3)19-39)112-58-27-43-28-59(73(58)114-57-29-44(33-82)70(99)72(101)71(57)100)113-56-15-8-40(26-50(56)81)69(98)67-80(108)89-65(78(106)86-62-41-21-36-20-37(23-41)24-42(62)22-36)49-30-45(93)31-54(95)61(49)48-25-38(6-13-53(48)94)63(76(104)91-67)88-77(105)64(43)87-75(103)52(85-79(66)107)32-60(96)92-115(109,110)47-11-9-46(10-12-47)111-17-16-83-4/h6-15,19,25-28,30-31,34,36-37,41-42,44,51-52,57,62-72,83-84,93-95,97-101H,16-18,20-24,29,32-33,82H2,1-5H3,(H,85,107)(H,86,106)(H,87,103)(H,88,105)(H,89,108)(H,90,102)(H,91,104)(H,92,96)/t36?,37?,41?,42?,44-,51-,52+,57-,62?,63-,64-,65+,66-,67+,68-,69-,70-,71+,72+/m1/s1. The summed E-state index contributed by atoms with van der Waals surface area (Å²) in [5.74, 6) is -13.5. The molecular weight excluding hydrogens is 1530 g/mol. The van der Waals surface area contributed by atoms with Crippen LogP contribution in [0.2, 0.25) is 5.02 Å².